The third kappa shape index (κ3) is 5.53. The fourth-order valence-corrected chi connectivity index (χ4v) is 8.39. The van der Waals surface area contributed by atoms with Gasteiger partial charge >= 0.3 is 0 Å². The Balaban J connectivity index is 0.00000261. The van der Waals surface area contributed by atoms with Crippen molar-refractivity contribution in [1.29, 1.82) is 0 Å². The van der Waals surface area contributed by atoms with Crippen molar-refractivity contribution in [1.82, 2.24) is 0 Å². The van der Waals surface area contributed by atoms with Gasteiger partial charge in [0.1, 0.15) is 23.2 Å². The van der Waals surface area contributed by atoms with E-state index in [2.05, 4.69) is 114 Å². The van der Waals surface area contributed by atoms with E-state index in [1.54, 1.807) is 0 Å². The molecular weight excluding hydrogens is 479 g/mol. The van der Waals surface area contributed by atoms with Gasteiger partial charge in [-0.3, -0.25) is 0 Å². The Bertz CT molecular complexity index is 677. The number of hydrogen-bond donors (Lipinski definition) is 0. The molecule has 0 amide bonds. The van der Waals surface area contributed by atoms with Crippen LogP contribution in [-0.4, -0.2) is 11.0 Å². The molecule has 0 bridgehead atoms. The van der Waals surface area contributed by atoms with Crippen LogP contribution in [0.4, 0.5) is 0 Å². The van der Waals surface area contributed by atoms with Crippen molar-refractivity contribution < 1.29 is 0 Å². The first-order chi connectivity index (χ1) is 12.7. The van der Waals surface area contributed by atoms with Crippen LogP contribution in [0.1, 0.15) is 26.2 Å². The summed E-state index contributed by atoms with van der Waals surface area (Å²) in [5.74, 6) is 0. The van der Waals surface area contributed by atoms with E-state index in [9.17, 15) is 0 Å². The van der Waals surface area contributed by atoms with Gasteiger partial charge in [-0.05, 0) is 55.7 Å². The van der Waals surface area contributed by atoms with Crippen LogP contribution >= 0.6 is 40.2 Å². The van der Waals surface area contributed by atoms with E-state index in [0.717, 1.165) is 0 Å². The molecule has 0 saturated carbocycles. The van der Waals surface area contributed by atoms with E-state index in [0.29, 0.717) is 4.83 Å². The van der Waals surface area contributed by atoms with E-state index in [4.69, 9.17) is 0 Å². The van der Waals surface area contributed by atoms with E-state index >= 15 is 0 Å². The summed E-state index contributed by atoms with van der Waals surface area (Å²) in [7, 11) is -1.63. The summed E-state index contributed by atoms with van der Waals surface area (Å²) < 4.78 is 0. The highest BCUT2D eigenvalue weighted by molar-refractivity contribution is 9.09. The normalized spacial score (nSPS) is 12.2. The molecule has 0 aliphatic heterocycles. The van der Waals surface area contributed by atoms with Crippen LogP contribution in [0.3, 0.4) is 0 Å². The summed E-state index contributed by atoms with van der Waals surface area (Å²) in [6, 6.07) is 33.5. The molecule has 0 saturated heterocycles. The molecule has 0 heterocycles. The second-order valence-corrected chi connectivity index (χ2v) is 12.0. The molecular formula is C24H28Br2P+. The van der Waals surface area contributed by atoms with E-state index in [-0.39, 0.29) is 17.0 Å². The molecule has 1 unspecified atom stereocenters. The molecule has 0 aromatic heterocycles. The molecule has 27 heavy (non-hydrogen) atoms. The van der Waals surface area contributed by atoms with Crippen molar-refractivity contribution >= 4 is 56.1 Å². The fraction of sp³-hybridized carbons (Fsp3) is 0.250. The molecule has 0 radical (unpaired) electrons. The average molecular weight is 507 g/mol. The number of halogens is 2. The first kappa shape index (κ1) is 22.3. The van der Waals surface area contributed by atoms with Gasteiger partial charge in [0.05, 0.1) is 6.16 Å². The Hall–Kier alpha value is -0.950. The number of alkyl halides is 1. The second-order valence-electron chi connectivity index (χ2n) is 6.82. The molecule has 3 rings (SSSR count). The highest BCUT2D eigenvalue weighted by atomic mass is 79.9. The zero-order chi connectivity index (χ0) is 18.2. The van der Waals surface area contributed by atoms with E-state index < -0.39 is 7.26 Å². The van der Waals surface area contributed by atoms with Gasteiger partial charge < -0.3 is 0 Å². The Kier molecular flexibility index (Phi) is 9.22. The Morgan fingerprint density at radius 2 is 1.04 bits per heavy atom. The molecule has 0 spiro atoms. The average Bonchev–Trinajstić information content (AvgIpc) is 2.70. The van der Waals surface area contributed by atoms with Crippen molar-refractivity contribution in [3.8, 4) is 0 Å². The van der Waals surface area contributed by atoms with Crippen molar-refractivity contribution in [2.75, 3.05) is 6.16 Å². The summed E-state index contributed by atoms with van der Waals surface area (Å²) >= 11 is 3.70. The van der Waals surface area contributed by atoms with Gasteiger partial charge in [-0.1, -0.05) is 77.5 Å². The zero-order valence-corrected chi connectivity index (χ0v) is 20.0. The van der Waals surface area contributed by atoms with Gasteiger partial charge in [0.25, 0.3) is 0 Å². The fourth-order valence-electron chi connectivity index (χ4n) is 3.66. The lowest BCUT2D eigenvalue weighted by molar-refractivity contribution is 0.722. The van der Waals surface area contributed by atoms with Crippen LogP contribution in [-0.2, 0) is 0 Å². The van der Waals surface area contributed by atoms with Crippen molar-refractivity contribution in [2.24, 2.45) is 0 Å². The third-order valence-corrected chi connectivity index (χ3v) is 9.92. The number of benzene rings is 3. The smallest absolute Gasteiger partial charge is 0.112 e. The highest BCUT2D eigenvalue weighted by Gasteiger charge is 2.44. The molecule has 3 heteroatoms. The maximum absolute atomic E-state index is 3.70. The minimum absolute atomic E-state index is 0. The first-order valence-corrected chi connectivity index (χ1v) is 12.3. The maximum Gasteiger partial charge on any atom is 0.112 e. The standard InChI is InChI=1S/C24H27BrP.BrH/c1-21(25)13-11-12-20-26(22-14-5-2-6-15-22,23-16-7-3-8-17-23)24-18-9-4-10-19-24;/h2-10,14-19,21H,11-13,20H2,1H3;1H/q+1;. The molecule has 1 atom stereocenters. The SMILES string of the molecule is Br.CC(Br)CCCC[P+](c1ccccc1)(c1ccccc1)c1ccccc1. The quantitative estimate of drug-likeness (QED) is 0.185. The van der Waals surface area contributed by atoms with E-state index in [1.807, 2.05) is 0 Å². The largest absolute Gasteiger partial charge is 0.114 e. The summed E-state index contributed by atoms with van der Waals surface area (Å²) in [5.41, 5.74) is 0. The Morgan fingerprint density at radius 1 is 0.667 bits per heavy atom. The number of rotatable bonds is 8. The van der Waals surface area contributed by atoms with Crippen LogP contribution in [0.5, 0.6) is 0 Å². The van der Waals surface area contributed by atoms with Crippen molar-refractivity contribution in [3.63, 3.8) is 0 Å². The summed E-state index contributed by atoms with van der Waals surface area (Å²) in [4.78, 5) is 0.598. The lowest BCUT2D eigenvalue weighted by atomic mass is 10.2. The zero-order valence-electron chi connectivity index (χ0n) is 15.8. The first-order valence-electron chi connectivity index (χ1n) is 9.42. The molecule has 142 valence electrons. The minimum atomic E-state index is -1.63. The molecule has 0 aliphatic carbocycles. The van der Waals surface area contributed by atoms with Crippen LogP contribution < -0.4 is 15.9 Å². The van der Waals surface area contributed by atoms with Crippen LogP contribution in [0.2, 0.25) is 0 Å². The van der Waals surface area contributed by atoms with E-state index in [1.165, 1.54) is 41.3 Å². The third-order valence-electron chi connectivity index (χ3n) is 4.94. The second kappa shape index (κ2) is 11.1. The minimum Gasteiger partial charge on any atom is -0.114 e. The van der Waals surface area contributed by atoms with Crippen molar-refractivity contribution in [2.45, 2.75) is 31.0 Å². The Morgan fingerprint density at radius 3 is 1.37 bits per heavy atom. The lowest BCUT2D eigenvalue weighted by Crippen LogP contribution is -2.33. The predicted octanol–water partition coefficient (Wildman–Crippen LogP) is 6.51. The number of unbranched alkanes of at least 4 members (excludes halogenated alkanes) is 1. The lowest BCUT2D eigenvalue weighted by Gasteiger charge is -2.27. The van der Waals surface area contributed by atoms with Gasteiger partial charge in [-0.2, -0.15) is 0 Å². The molecule has 0 fully saturated rings. The molecule has 3 aromatic carbocycles. The monoisotopic (exact) mass is 505 g/mol. The topological polar surface area (TPSA) is 0 Å². The number of hydrogen-bond acceptors (Lipinski definition) is 0. The molecule has 0 N–H and O–H groups in total. The van der Waals surface area contributed by atoms with Gasteiger partial charge in [0, 0.05) is 4.83 Å². The Labute approximate surface area is 183 Å². The van der Waals surface area contributed by atoms with Gasteiger partial charge in [0.2, 0.25) is 0 Å². The van der Waals surface area contributed by atoms with Crippen LogP contribution in [0.15, 0.2) is 91.0 Å². The van der Waals surface area contributed by atoms with Gasteiger partial charge in [-0.25, -0.2) is 0 Å². The van der Waals surface area contributed by atoms with Crippen molar-refractivity contribution in [3.05, 3.63) is 91.0 Å². The van der Waals surface area contributed by atoms with Gasteiger partial charge in [0.15, 0.2) is 0 Å². The summed E-state index contributed by atoms with van der Waals surface area (Å²) in [6.45, 7) is 2.24. The molecule has 0 aliphatic rings. The molecule has 0 nitrogen and oxygen atoms in total. The van der Waals surface area contributed by atoms with Crippen LogP contribution in [0.25, 0.3) is 0 Å². The summed E-state index contributed by atoms with van der Waals surface area (Å²) in [5, 5.41) is 4.47. The van der Waals surface area contributed by atoms with Crippen LogP contribution in [0, 0.1) is 0 Å². The molecule has 3 aromatic rings. The van der Waals surface area contributed by atoms with Gasteiger partial charge in [-0.15, -0.1) is 17.0 Å². The highest BCUT2D eigenvalue weighted by Crippen LogP contribution is 2.55. The summed E-state index contributed by atoms with van der Waals surface area (Å²) in [6.07, 6.45) is 4.98. The predicted molar refractivity (Wildman–Crippen MR) is 133 cm³/mol. The maximum atomic E-state index is 3.70.